The molecule has 1 amide bonds. The summed E-state index contributed by atoms with van der Waals surface area (Å²) in [6, 6.07) is 10.4. The number of rotatable bonds is 6. The summed E-state index contributed by atoms with van der Waals surface area (Å²) < 4.78 is 60.7. The van der Waals surface area contributed by atoms with Gasteiger partial charge in [-0.25, -0.2) is 27.2 Å². The minimum absolute atomic E-state index is 0.0652. The number of sulfonamides is 1. The molecular formula is C27H25F2N5O5S. The number of hydrogen-bond donors (Lipinski definition) is 3. The smallest absolute Gasteiger partial charge is 0.264 e. The van der Waals surface area contributed by atoms with Gasteiger partial charge in [0.2, 0.25) is 5.88 Å². The topological polar surface area (TPSA) is 148 Å². The Labute approximate surface area is 228 Å². The van der Waals surface area contributed by atoms with E-state index < -0.39 is 32.7 Å². The van der Waals surface area contributed by atoms with E-state index >= 15 is 0 Å². The molecule has 2 aromatic heterocycles. The van der Waals surface area contributed by atoms with Crippen LogP contribution in [-0.4, -0.2) is 60.6 Å². The number of aromatic nitrogens is 2. The molecular weight excluding hydrogens is 544 g/mol. The highest BCUT2D eigenvalue weighted by atomic mass is 32.2. The number of fused-ring (bicyclic) bond motifs is 1. The molecule has 208 valence electrons. The van der Waals surface area contributed by atoms with Crippen LogP contribution in [0.1, 0.15) is 23.2 Å². The Morgan fingerprint density at radius 3 is 2.55 bits per heavy atom. The Bertz CT molecular complexity index is 1730. The monoisotopic (exact) mass is 569 g/mol. The summed E-state index contributed by atoms with van der Waals surface area (Å²) in [6.07, 6.45) is 2.01. The molecule has 13 heteroatoms. The van der Waals surface area contributed by atoms with Gasteiger partial charge >= 0.3 is 0 Å². The molecule has 0 atom stereocenters. The lowest BCUT2D eigenvalue weighted by molar-refractivity contribution is 0.0547. The Morgan fingerprint density at radius 2 is 1.85 bits per heavy atom. The van der Waals surface area contributed by atoms with Crippen LogP contribution in [0, 0.1) is 11.6 Å². The van der Waals surface area contributed by atoms with E-state index in [-0.39, 0.29) is 28.9 Å². The van der Waals surface area contributed by atoms with Crippen LogP contribution < -0.4 is 15.2 Å². The van der Waals surface area contributed by atoms with E-state index in [2.05, 4.69) is 14.7 Å². The predicted octanol–water partition coefficient (Wildman–Crippen LogP) is 3.56. The van der Waals surface area contributed by atoms with Gasteiger partial charge in [0.25, 0.3) is 15.9 Å². The molecule has 0 bridgehead atoms. The van der Waals surface area contributed by atoms with Crippen LogP contribution >= 0.6 is 0 Å². The zero-order valence-electron chi connectivity index (χ0n) is 21.3. The van der Waals surface area contributed by atoms with E-state index in [1.165, 1.54) is 19.4 Å². The van der Waals surface area contributed by atoms with Crippen LogP contribution in [0.15, 0.2) is 59.6 Å². The molecule has 1 aliphatic heterocycles. The summed E-state index contributed by atoms with van der Waals surface area (Å²) in [5, 5.41) is 10.4. The Hall–Kier alpha value is -4.36. The third-order valence-electron chi connectivity index (χ3n) is 6.63. The van der Waals surface area contributed by atoms with Gasteiger partial charge < -0.3 is 20.5 Å². The van der Waals surface area contributed by atoms with E-state index in [0.29, 0.717) is 54.0 Å². The molecule has 3 heterocycles. The highest BCUT2D eigenvalue weighted by Crippen LogP contribution is 2.32. The van der Waals surface area contributed by atoms with Crippen LogP contribution in [0.4, 0.5) is 20.3 Å². The van der Waals surface area contributed by atoms with Crippen molar-refractivity contribution < 1.29 is 31.8 Å². The minimum atomic E-state index is -4.45. The maximum absolute atomic E-state index is 14.2. The molecule has 4 aromatic rings. The van der Waals surface area contributed by atoms with Gasteiger partial charge in [-0.2, -0.15) is 0 Å². The number of likely N-dealkylation sites (tertiary alicyclic amines) is 1. The molecule has 10 nitrogen and oxygen atoms in total. The van der Waals surface area contributed by atoms with Crippen molar-refractivity contribution in [2.24, 2.45) is 0 Å². The summed E-state index contributed by atoms with van der Waals surface area (Å²) in [5.41, 5.74) is 7.91. The molecule has 1 saturated heterocycles. The van der Waals surface area contributed by atoms with Gasteiger partial charge in [-0.15, -0.1) is 0 Å². The van der Waals surface area contributed by atoms with Crippen LogP contribution in [0.25, 0.3) is 22.0 Å². The maximum atomic E-state index is 14.2. The number of carbonyl (C=O) groups is 1. The molecule has 40 heavy (non-hydrogen) atoms. The van der Waals surface area contributed by atoms with Gasteiger partial charge in [-0.1, -0.05) is 6.07 Å². The molecule has 0 radical (unpaired) electrons. The average Bonchev–Trinajstić information content (AvgIpc) is 2.92. The van der Waals surface area contributed by atoms with Gasteiger partial charge in [-0.05, 0) is 54.8 Å². The fraction of sp³-hybridized carbons (Fsp3) is 0.222. The highest BCUT2D eigenvalue weighted by molar-refractivity contribution is 7.92. The van der Waals surface area contributed by atoms with E-state index in [4.69, 9.17) is 10.5 Å². The first-order valence-electron chi connectivity index (χ1n) is 12.3. The number of halogens is 2. The zero-order chi connectivity index (χ0) is 28.6. The first kappa shape index (κ1) is 27.2. The van der Waals surface area contributed by atoms with Crippen molar-refractivity contribution in [3.8, 4) is 17.0 Å². The normalized spacial score (nSPS) is 14.3. The predicted molar refractivity (Wildman–Crippen MR) is 144 cm³/mol. The minimum Gasteiger partial charge on any atom is -0.480 e. The van der Waals surface area contributed by atoms with Crippen molar-refractivity contribution in [2.75, 3.05) is 30.7 Å². The number of nitrogen functional groups attached to an aromatic ring is 1. The quantitative estimate of drug-likeness (QED) is 0.319. The van der Waals surface area contributed by atoms with Crippen molar-refractivity contribution >= 4 is 38.3 Å². The average molecular weight is 570 g/mol. The van der Waals surface area contributed by atoms with Crippen molar-refractivity contribution in [1.29, 1.82) is 0 Å². The van der Waals surface area contributed by atoms with Gasteiger partial charge in [0.1, 0.15) is 28.0 Å². The number of nitrogens with zero attached hydrogens (tertiary/aromatic N) is 3. The number of amides is 1. The fourth-order valence-electron chi connectivity index (χ4n) is 4.52. The molecule has 1 fully saturated rings. The second-order valence-electron chi connectivity index (χ2n) is 9.31. The number of ether oxygens (including phenoxy) is 1. The van der Waals surface area contributed by atoms with Gasteiger partial charge in [-0.3, -0.25) is 9.52 Å². The number of carbonyl (C=O) groups excluding carboxylic acids is 1. The van der Waals surface area contributed by atoms with Crippen LogP contribution in [-0.2, 0) is 10.0 Å². The molecule has 0 aliphatic carbocycles. The molecule has 0 spiro atoms. The number of benzene rings is 2. The summed E-state index contributed by atoms with van der Waals surface area (Å²) in [4.78, 5) is 22.6. The molecule has 2 aromatic carbocycles. The van der Waals surface area contributed by atoms with Crippen molar-refractivity contribution in [3.05, 3.63) is 71.9 Å². The number of methoxy groups -OCH3 is 1. The molecule has 1 aliphatic rings. The Kier molecular flexibility index (Phi) is 7.25. The highest BCUT2D eigenvalue weighted by Gasteiger charge is 2.25. The summed E-state index contributed by atoms with van der Waals surface area (Å²) in [5.74, 6) is -2.41. The lowest BCUT2D eigenvalue weighted by Gasteiger charge is -2.29. The molecule has 0 unspecified atom stereocenters. The van der Waals surface area contributed by atoms with Crippen molar-refractivity contribution in [2.45, 2.75) is 23.8 Å². The van der Waals surface area contributed by atoms with E-state index in [1.54, 1.807) is 29.2 Å². The summed E-state index contributed by atoms with van der Waals surface area (Å²) >= 11 is 0. The number of piperidine rings is 1. The second-order valence-corrected chi connectivity index (χ2v) is 11.0. The third-order valence-corrected chi connectivity index (χ3v) is 8.03. The first-order valence-corrected chi connectivity index (χ1v) is 13.7. The fourth-order valence-corrected chi connectivity index (χ4v) is 5.63. The van der Waals surface area contributed by atoms with E-state index in [1.807, 2.05) is 0 Å². The largest absolute Gasteiger partial charge is 0.480 e. The molecule has 4 N–H and O–H groups in total. The van der Waals surface area contributed by atoms with Gasteiger partial charge in [0.05, 0.1) is 24.3 Å². The standard InChI is InChI=1S/C27H25F2N5O5S/c1-39-26-23(33-40(37,38)24-5-3-18(28)13-21(24)29)12-17(14-31-26)15-2-4-22-16(10-15)11-20(25(30)32-22)27(36)34-8-6-19(35)7-9-34/h2-5,10-14,19,33,35H,6-9H2,1H3,(H2,30,32). The Balaban J connectivity index is 1.49. The van der Waals surface area contributed by atoms with Crippen LogP contribution in [0.5, 0.6) is 5.88 Å². The van der Waals surface area contributed by atoms with Gasteiger partial charge in [0.15, 0.2) is 0 Å². The number of aliphatic hydroxyl groups is 1. The van der Waals surface area contributed by atoms with Gasteiger partial charge in [0, 0.05) is 36.3 Å². The van der Waals surface area contributed by atoms with Crippen LogP contribution in [0.2, 0.25) is 0 Å². The number of anilines is 2. The Morgan fingerprint density at radius 1 is 1.10 bits per heavy atom. The number of nitrogens with two attached hydrogens (primary N) is 1. The molecule has 5 rings (SSSR count). The summed E-state index contributed by atoms with van der Waals surface area (Å²) in [6.45, 7) is 0.824. The number of nitrogens with one attached hydrogen (secondary N) is 1. The molecule has 0 saturated carbocycles. The van der Waals surface area contributed by atoms with E-state index in [9.17, 15) is 27.1 Å². The lowest BCUT2D eigenvalue weighted by atomic mass is 10.0. The number of aliphatic hydroxyl groups excluding tert-OH is 1. The lowest BCUT2D eigenvalue weighted by Crippen LogP contribution is -2.40. The van der Waals surface area contributed by atoms with E-state index in [0.717, 1.165) is 12.1 Å². The SMILES string of the molecule is COc1ncc(-c2ccc3nc(N)c(C(=O)N4CCC(O)CC4)cc3c2)cc1NS(=O)(=O)c1ccc(F)cc1F. The van der Waals surface area contributed by atoms with Crippen LogP contribution in [0.3, 0.4) is 0 Å². The second kappa shape index (κ2) is 10.7. The first-order chi connectivity index (χ1) is 19.1. The van der Waals surface area contributed by atoms with Crippen molar-refractivity contribution in [1.82, 2.24) is 14.9 Å². The zero-order valence-corrected chi connectivity index (χ0v) is 22.1. The van der Waals surface area contributed by atoms with Crippen molar-refractivity contribution in [3.63, 3.8) is 0 Å². The number of hydrogen-bond acceptors (Lipinski definition) is 8. The third kappa shape index (κ3) is 5.38. The maximum Gasteiger partial charge on any atom is 0.264 e. The number of pyridine rings is 2. The summed E-state index contributed by atoms with van der Waals surface area (Å²) in [7, 11) is -3.16.